The molecule has 1 aromatic carbocycles. The average molecular weight is 770 g/mol. The number of aliphatic imine (C=N–C) groups is 2. The number of amides is 5. The van der Waals surface area contributed by atoms with Crippen molar-refractivity contribution >= 4 is 58.3 Å². The van der Waals surface area contributed by atoms with E-state index in [1.807, 2.05) is 24.3 Å². The van der Waals surface area contributed by atoms with Crippen molar-refractivity contribution in [1.82, 2.24) is 25.8 Å². The van der Waals surface area contributed by atoms with Gasteiger partial charge in [0.1, 0.15) is 23.7 Å². The summed E-state index contributed by atoms with van der Waals surface area (Å²) in [4.78, 5) is 91.4. The van der Waals surface area contributed by atoms with Crippen LogP contribution in [-0.4, -0.2) is 112 Å². The number of benzene rings is 1. The molecule has 1 aliphatic carbocycles. The highest BCUT2D eigenvalue weighted by Crippen LogP contribution is 2.36. The fraction of sp³-hybridized carbons (Fsp3) is 0.543. The third-order valence-electron chi connectivity index (χ3n) is 9.72. The zero-order chi connectivity index (χ0) is 40.7. The zero-order valence-electron chi connectivity index (χ0n) is 31.1. The Morgan fingerprint density at radius 2 is 1.42 bits per heavy atom. The Hall–Kier alpha value is -5.92. The number of carbonyl (C=O) groups excluding carboxylic acids is 5. The number of guanidine groups is 2. The molecule has 17 N–H and O–H groups in total. The van der Waals surface area contributed by atoms with E-state index in [1.165, 1.54) is 11.9 Å². The third kappa shape index (κ3) is 12.6. The van der Waals surface area contributed by atoms with E-state index in [-0.39, 0.29) is 82.8 Å². The lowest BCUT2D eigenvalue weighted by atomic mass is 9.92. The Morgan fingerprint density at radius 1 is 0.836 bits per heavy atom. The van der Waals surface area contributed by atoms with Crippen molar-refractivity contribution in [2.24, 2.45) is 44.4 Å². The van der Waals surface area contributed by atoms with Crippen LogP contribution in [-0.2, 0) is 35.2 Å². The summed E-state index contributed by atoms with van der Waals surface area (Å²) in [6, 6.07) is 2.76. The van der Waals surface area contributed by atoms with Gasteiger partial charge in [-0.3, -0.25) is 38.8 Å². The molecule has 1 aliphatic rings. The standard InChI is InChI=1S/C35H55N13O7/c1-48(31(54)25(11-7-17-43-34(40)41)45-29(52)22(36)12-13-27(49)50)35(14-4-5-15-35)32(55)47-24(10-6-16-42-33(38)39)30(53)46-26(28(37)51)18-20-19-44-23-9-3-2-8-21(20)23/h2-3,8-9,19,22,24-26,44H,4-7,10-18,36H2,1H3,(H2,37,51)(H,45,52)(H,46,53)(H,47,55)(H,49,50)(H4,38,39,42)(H4,40,41,43)/t22-,24-,25-,26-/m0/s1. The van der Waals surface area contributed by atoms with E-state index in [0.29, 0.717) is 12.8 Å². The average Bonchev–Trinajstić information content (AvgIpc) is 3.80. The number of nitrogens with two attached hydrogens (primary N) is 6. The number of hydrogen-bond acceptors (Lipinski definition) is 9. The Morgan fingerprint density at radius 3 is 2.00 bits per heavy atom. The summed E-state index contributed by atoms with van der Waals surface area (Å²) in [7, 11) is 1.45. The molecule has 2 aromatic rings. The highest BCUT2D eigenvalue weighted by Gasteiger charge is 2.49. The normalized spacial score (nSPS) is 15.5. The minimum Gasteiger partial charge on any atom is -0.481 e. The number of likely N-dealkylation sites (N-methyl/N-ethyl adjacent to an activating group) is 1. The van der Waals surface area contributed by atoms with Crippen LogP contribution in [0.2, 0.25) is 0 Å². The maximum atomic E-state index is 14.4. The molecule has 20 nitrogen and oxygen atoms in total. The van der Waals surface area contributed by atoms with Crippen LogP contribution in [0.3, 0.4) is 0 Å². The second-order valence-corrected chi connectivity index (χ2v) is 13.7. The predicted molar refractivity (Wildman–Crippen MR) is 206 cm³/mol. The van der Waals surface area contributed by atoms with Gasteiger partial charge in [-0.1, -0.05) is 31.0 Å². The number of nitrogens with one attached hydrogen (secondary N) is 4. The highest BCUT2D eigenvalue weighted by molar-refractivity contribution is 5.98. The summed E-state index contributed by atoms with van der Waals surface area (Å²) in [6.45, 7) is 0.293. The maximum Gasteiger partial charge on any atom is 0.303 e. The lowest BCUT2D eigenvalue weighted by Crippen LogP contribution is -2.64. The van der Waals surface area contributed by atoms with Crippen molar-refractivity contribution in [2.45, 2.75) is 100 Å². The number of carboxylic acids is 1. The van der Waals surface area contributed by atoms with Crippen LogP contribution in [0.1, 0.15) is 69.8 Å². The fourth-order valence-corrected chi connectivity index (χ4v) is 6.65. The Bertz CT molecular complexity index is 1730. The van der Waals surface area contributed by atoms with Crippen LogP contribution < -0.4 is 50.4 Å². The number of primary amides is 1. The molecule has 4 atom stereocenters. The van der Waals surface area contributed by atoms with E-state index in [0.717, 1.165) is 16.5 Å². The minimum atomic E-state index is -1.42. The van der Waals surface area contributed by atoms with E-state index >= 15 is 0 Å². The molecule has 302 valence electrons. The summed E-state index contributed by atoms with van der Waals surface area (Å²) in [5.74, 6) is -4.86. The number of nitrogens with zero attached hydrogens (tertiary/aromatic N) is 3. The van der Waals surface area contributed by atoms with Crippen LogP contribution in [0.25, 0.3) is 10.9 Å². The molecule has 0 bridgehead atoms. The molecule has 1 fully saturated rings. The molecule has 0 radical (unpaired) electrons. The van der Waals surface area contributed by atoms with Gasteiger partial charge >= 0.3 is 5.97 Å². The summed E-state index contributed by atoms with van der Waals surface area (Å²) in [6.07, 6.45) is 3.64. The van der Waals surface area contributed by atoms with Gasteiger partial charge in [0.05, 0.1) is 6.04 Å². The van der Waals surface area contributed by atoms with Crippen molar-refractivity contribution in [3.05, 3.63) is 36.0 Å². The van der Waals surface area contributed by atoms with Crippen LogP contribution in [0.15, 0.2) is 40.4 Å². The summed E-state index contributed by atoms with van der Waals surface area (Å²) < 4.78 is 0. The lowest BCUT2D eigenvalue weighted by Gasteiger charge is -2.40. The molecular formula is C35H55N13O7. The van der Waals surface area contributed by atoms with E-state index in [4.69, 9.17) is 39.5 Å². The van der Waals surface area contributed by atoms with Crippen molar-refractivity contribution in [3.8, 4) is 0 Å². The SMILES string of the molecule is CN(C(=O)[C@H](CCCN=C(N)N)NC(=O)[C@@H](N)CCC(=O)O)C1(C(=O)N[C@@H](CCCN=C(N)N)C(=O)N[C@@H](Cc2c[nH]c3ccccc23)C(N)=O)CCCC1. The second-order valence-electron chi connectivity index (χ2n) is 13.7. The first-order valence-corrected chi connectivity index (χ1v) is 18.2. The summed E-state index contributed by atoms with van der Waals surface area (Å²) in [5.41, 5.74) is 33.7. The molecule has 0 spiro atoms. The maximum absolute atomic E-state index is 14.4. The lowest BCUT2D eigenvalue weighted by molar-refractivity contribution is -0.149. The van der Waals surface area contributed by atoms with Crippen LogP contribution in [0.4, 0.5) is 0 Å². The number of rotatable bonds is 22. The third-order valence-corrected chi connectivity index (χ3v) is 9.72. The largest absolute Gasteiger partial charge is 0.481 e. The first kappa shape index (κ1) is 43.5. The van der Waals surface area contributed by atoms with Crippen molar-refractivity contribution < 1.29 is 33.9 Å². The molecule has 0 aliphatic heterocycles. The quantitative estimate of drug-likeness (QED) is 0.0343. The van der Waals surface area contributed by atoms with Gasteiger partial charge < -0.3 is 65.3 Å². The van der Waals surface area contributed by atoms with Gasteiger partial charge in [0, 0.05) is 50.1 Å². The van der Waals surface area contributed by atoms with Gasteiger partial charge in [-0.25, -0.2) is 0 Å². The Balaban J connectivity index is 1.86. The number of H-pyrrole nitrogens is 1. The number of carbonyl (C=O) groups is 6. The summed E-state index contributed by atoms with van der Waals surface area (Å²) in [5, 5.41) is 18.0. The number of fused-ring (bicyclic) bond motifs is 1. The topological polar surface area (TPSA) is 359 Å². The molecule has 1 aromatic heterocycles. The second kappa shape index (κ2) is 20.5. The molecule has 0 unspecified atom stereocenters. The monoisotopic (exact) mass is 769 g/mol. The molecule has 20 heteroatoms. The smallest absolute Gasteiger partial charge is 0.303 e. The zero-order valence-corrected chi connectivity index (χ0v) is 31.1. The molecule has 1 saturated carbocycles. The fourth-order valence-electron chi connectivity index (χ4n) is 6.65. The van der Waals surface area contributed by atoms with Gasteiger partial charge in [0.25, 0.3) is 0 Å². The first-order valence-electron chi connectivity index (χ1n) is 18.2. The molecule has 5 amide bonds. The van der Waals surface area contributed by atoms with Gasteiger partial charge in [0.15, 0.2) is 11.9 Å². The number of hydrogen-bond donors (Lipinski definition) is 11. The number of aliphatic carboxylic acids is 1. The first-order chi connectivity index (χ1) is 26.0. The van der Waals surface area contributed by atoms with Gasteiger partial charge in [0.2, 0.25) is 29.5 Å². The van der Waals surface area contributed by atoms with E-state index in [9.17, 15) is 28.8 Å². The van der Waals surface area contributed by atoms with Crippen LogP contribution >= 0.6 is 0 Å². The number of para-hydroxylation sites is 1. The highest BCUT2D eigenvalue weighted by atomic mass is 16.4. The molecule has 0 saturated heterocycles. The van der Waals surface area contributed by atoms with Crippen LogP contribution in [0.5, 0.6) is 0 Å². The van der Waals surface area contributed by atoms with Crippen LogP contribution in [0, 0.1) is 0 Å². The van der Waals surface area contributed by atoms with Crippen molar-refractivity contribution in [1.29, 1.82) is 0 Å². The predicted octanol–water partition coefficient (Wildman–Crippen LogP) is -2.28. The number of aromatic amines is 1. The molecule has 3 rings (SSSR count). The Kier molecular flexibility index (Phi) is 16.2. The van der Waals surface area contributed by atoms with Crippen molar-refractivity contribution in [3.63, 3.8) is 0 Å². The molecule has 1 heterocycles. The Labute approximate surface area is 318 Å². The molecular weight excluding hydrogens is 714 g/mol. The van der Waals surface area contributed by atoms with E-state index in [2.05, 4.69) is 30.9 Å². The van der Waals surface area contributed by atoms with E-state index < -0.39 is 65.2 Å². The van der Waals surface area contributed by atoms with Crippen molar-refractivity contribution in [2.75, 3.05) is 20.1 Å². The van der Waals surface area contributed by atoms with Gasteiger partial charge in [-0.15, -0.1) is 0 Å². The summed E-state index contributed by atoms with van der Waals surface area (Å²) >= 11 is 0. The molecule has 55 heavy (non-hydrogen) atoms. The number of aromatic nitrogens is 1. The minimum absolute atomic E-state index is 0.0653. The van der Waals surface area contributed by atoms with E-state index in [1.54, 1.807) is 6.20 Å². The van der Waals surface area contributed by atoms with Gasteiger partial charge in [-0.2, -0.15) is 0 Å². The number of carboxylic acid groups (broad SMARTS) is 1. The van der Waals surface area contributed by atoms with Gasteiger partial charge in [-0.05, 0) is 56.6 Å².